The molecule has 0 bridgehead atoms. The number of thioether (sulfide) groups is 1. The van der Waals surface area contributed by atoms with Crippen LogP contribution in [-0.2, 0) is 19.1 Å². The Morgan fingerprint density at radius 1 is 1.35 bits per heavy atom. The van der Waals surface area contributed by atoms with Crippen molar-refractivity contribution in [2.75, 3.05) is 18.1 Å². The molecule has 0 radical (unpaired) electrons. The van der Waals surface area contributed by atoms with Crippen molar-refractivity contribution in [3.63, 3.8) is 0 Å². The maximum Gasteiger partial charge on any atom is 0.417 e. The van der Waals surface area contributed by atoms with Gasteiger partial charge in [-0.05, 0) is 31.4 Å². The second kappa shape index (κ2) is 8.63. The van der Waals surface area contributed by atoms with Crippen LogP contribution < -0.4 is 10.6 Å². The first-order chi connectivity index (χ1) is 12.3. The lowest BCUT2D eigenvalue weighted by molar-refractivity contribution is -0.137. The van der Waals surface area contributed by atoms with E-state index in [1.54, 1.807) is 0 Å². The van der Waals surface area contributed by atoms with E-state index in [2.05, 4.69) is 20.8 Å². The van der Waals surface area contributed by atoms with Crippen molar-refractivity contribution in [3.8, 4) is 0 Å². The third-order valence-electron chi connectivity index (χ3n) is 3.46. The molecule has 2 amide bonds. The van der Waals surface area contributed by atoms with Crippen LogP contribution in [0.25, 0.3) is 0 Å². The number of hydrogen-bond acceptors (Lipinski definition) is 4. The van der Waals surface area contributed by atoms with Gasteiger partial charge >= 0.3 is 12.2 Å². The van der Waals surface area contributed by atoms with E-state index in [1.807, 2.05) is 17.7 Å². The highest BCUT2D eigenvalue weighted by molar-refractivity contribution is 7.98. The molecule has 2 rings (SSSR count). The zero-order chi connectivity index (χ0) is 19.3. The zero-order valence-corrected chi connectivity index (χ0v) is 15.6. The molecule has 0 unspecified atom stereocenters. The summed E-state index contributed by atoms with van der Waals surface area (Å²) in [6, 6.07) is 2.57. The Hall–Kier alpha value is -1.94. The number of aromatic nitrogens is 3. The van der Waals surface area contributed by atoms with Crippen LogP contribution in [0.3, 0.4) is 0 Å². The Morgan fingerprint density at radius 2 is 2.08 bits per heavy atom. The molecule has 0 atom stereocenters. The topological polar surface area (TPSA) is 71.8 Å². The lowest BCUT2D eigenvalue weighted by Gasteiger charge is -2.12. The van der Waals surface area contributed by atoms with Crippen LogP contribution in [0.1, 0.15) is 18.3 Å². The van der Waals surface area contributed by atoms with Crippen molar-refractivity contribution in [1.29, 1.82) is 0 Å². The van der Waals surface area contributed by atoms with Gasteiger partial charge in [-0.1, -0.05) is 23.4 Å². The van der Waals surface area contributed by atoms with Gasteiger partial charge in [0, 0.05) is 25.2 Å². The van der Waals surface area contributed by atoms with E-state index in [4.69, 9.17) is 11.6 Å². The fourth-order valence-corrected chi connectivity index (χ4v) is 3.06. The highest BCUT2D eigenvalue weighted by Crippen LogP contribution is 2.36. The average Bonchev–Trinajstić information content (AvgIpc) is 2.97. The molecule has 0 aliphatic rings. The van der Waals surface area contributed by atoms with Gasteiger partial charge in [-0.2, -0.15) is 13.2 Å². The maximum atomic E-state index is 12.8. The number of carbonyl (C=O) groups is 1. The second-order valence-corrected chi connectivity index (χ2v) is 6.35. The molecule has 0 aliphatic carbocycles. The number of carbonyl (C=O) groups excluding carboxylic acids is 1. The fourth-order valence-electron chi connectivity index (χ4n) is 2.26. The van der Waals surface area contributed by atoms with Crippen LogP contribution in [0.4, 0.5) is 23.7 Å². The first kappa shape index (κ1) is 20.4. The molecule has 142 valence electrons. The molecule has 2 aromatic rings. The smallest absolute Gasteiger partial charge is 0.337 e. The van der Waals surface area contributed by atoms with Crippen LogP contribution in [0.5, 0.6) is 0 Å². The number of halogens is 4. The summed E-state index contributed by atoms with van der Waals surface area (Å²) in [5, 5.41) is 13.4. The monoisotopic (exact) mass is 407 g/mol. The third-order valence-corrected chi connectivity index (χ3v) is 4.45. The molecule has 26 heavy (non-hydrogen) atoms. The second-order valence-electron chi connectivity index (χ2n) is 5.17. The summed E-state index contributed by atoms with van der Waals surface area (Å²) in [5.74, 6) is 0.725. The summed E-state index contributed by atoms with van der Waals surface area (Å²) >= 11 is 7.02. The van der Waals surface area contributed by atoms with Gasteiger partial charge in [0.15, 0.2) is 5.16 Å². The van der Waals surface area contributed by atoms with E-state index in [1.165, 1.54) is 17.8 Å². The molecular weight excluding hydrogens is 391 g/mol. The first-order valence-electron chi connectivity index (χ1n) is 7.64. The Bertz CT molecular complexity index is 781. The number of benzene rings is 1. The molecule has 1 aromatic heterocycles. The highest BCUT2D eigenvalue weighted by Gasteiger charge is 2.33. The molecule has 0 spiro atoms. The van der Waals surface area contributed by atoms with Crippen LogP contribution in [0.15, 0.2) is 23.4 Å². The minimum Gasteiger partial charge on any atom is -0.337 e. The van der Waals surface area contributed by atoms with Crippen LogP contribution in [0.2, 0.25) is 5.02 Å². The first-order valence-corrected chi connectivity index (χ1v) is 9.24. The Kier molecular flexibility index (Phi) is 6.76. The average molecular weight is 408 g/mol. The van der Waals surface area contributed by atoms with Gasteiger partial charge in [-0.25, -0.2) is 4.79 Å². The van der Waals surface area contributed by atoms with Crippen molar-refractivity contribution in [3.05, 3.63) is 34.6 Å². The van der Waals surface area contributed by atoms with Gasteiger partial charge in [-0.15, -0.1) is 10.2 Å². The van der Waals surface area contributed by atoms with Gasteiger partial charge in [0.05, 0.1) is 10.6 Å². The number of hydrogen-bond donors (Lipinski definition) is 2. The molecule has 11 heteroatoms. The van der Waals surface area contributed by atoms with Gasteiger partial charge in [0.2, 0.25) is 0 Å². The highest BCUT2D eigenvalue weighted by atomic mass is 35.5. The molecule has 0 saturated heterocycles. The van der Waals surface area contributed by atoms with E-state index in [9.17, 15) is 18.0 Å². The van der Waals surface area contributed by atoms with Crippen LogP contribution in [-0.4, -0.2) is 33.6 Å². The quantitative estimate of drug-likeness (QED) is 0.708. The molecule has 0 saturated carbocycles. The van der Waals surface area contributed by atoms with E-state index in [0.29, 0.717) is 13.0 Å². The molecule has 1 heterocycles. The van der Waals surface area contributed by atoms with E-state index < -0.39 is 22.8 Å². The SMILES string of the molecule is CCn1c(CCNC(=O)Nc2ccc(Cl)c(C(F)(F)F)c2)nnc1SC. The molecule has 0 fully saturated rings. The van der Waals surface area contributed by atoms with Crippen molar-refractivity contribution < 1.29 is 18.0 Å². The molecule has 2 N–H and O–H groups in total. The summed E-state index contributed by atoms with van der Waals surface area (Å²) in [6.45, 7) is 2.93. The maximum absolute atomic E-state index is 12.8. The zero-order valence-electron chi connectivity index (χ0n) is 14.0. The summed E-state index contributed by atoms with van der Waals surface area (Å²) in [6.07, 6.45) is -2.25. The molecule has 6 nitrogen and oxygen atoms in total. The predicted molar refractivity (Wildman–Crippen MR) is 94.7 cm³/mol. The number of amides is 2. The van der Waals surface area contributed by atoms with Gasteiger partial charge in [0.1, 0.15) is 5.82 Å². The Labute approximate surface area is 157 Å². The lowest BCUT2D eigenvalue weighted by Crippen LogP contribution is -2.31. The summed E-state index contributed by atoms with van der Waals surface area (Å²) in [7, 11) is 0. The normalized spacial score (nSPS) is 11.5. The summed E-state index contributed by atoms with van der Waals surface area (Å²) < 4.78 is 40.4. The van der Waals surface area contributed by atoms with Crippen molar-refractivity contribution in [1.82, 2.24) is 20.1 Å². The fraction of sp³-hybridized carbons (Fsp3) is 0.400. The number of nitrogens with one attached hydrogen (secondary N) is 2. The molecule has 1 aromatic carbocycles. The third kappa shape index (κ3) is 5.04. The number of urea groups is 1. The van der Waals surface area contributed by atoms with Crippen molar-refractivity contribution in [2.45, 2.75) is 31.2 Å². The number of nitrogens with zero attached hydrogens (tertiary/aromatic N) is 3. The van der Waals surface area contributed by atoms with Crippen molar-refractivity contribution in [2.24, 2.45) is 0 Å². The van der Waals surface area contributed by atoms with Gasteiger partial charge in [0.25, 0.3) is 0 Å². The predicted octanol–water partition coefficient (Wildman–Crippen LogP) is 4.06. The number of alkyl halides is 3. The summed E-state index contributed by atoms with van der Waals surface area (Å²) in [5.41, 5.74) is -1.00. The minimum atomic E-state index is -4.59. The Morgan fingerprint density at radius 3 is 2.69 bits per heavy atom. The lowest BCUT2D eigenvalue weighted by atomic mass is 10.2. The number of anilines is 1. The van der Waals surface area contributed by atoms with E-state index in [-0.39, 0.29) is 12.2 Å². The number of rotatable bonds is 6. The van der Waals surface area contributed by atoms with E-state index >= 15 is 0 Å². The van der Waals surface area contributed by atoms with E-state index in [0.717, 1.165) is 23.1 Å². The molecule has 0 aliphatic heterocycles. The minimum absolute atomic E-state index is 0.000573. The van der Waals surface area contributed by atoms with Gasteiger partial charge < -0.3 is 15.2 Å². The summed E-state index contributed by atoms with van der Waals surface area (Å²) in [4.78, 5) is 11.9. The van der Waals surface area contributed by atoms with Crippen molar-refractivity contribution >= 4 is 35.1 Å². The van der Waals surface area contributed by atoms with Gasteiger partial charge in [-0.3, -0.25) is 0 Å². The largest absolute Gasteiger partial charge is 0.417 e. The van der Waals surface area contributed by atoms with Crippen LogP contribution >= 0.6 is 23.4 Å². The standard InChI is InChI=1S/C15H17ClF3N5OS/c1-3-24-12(22-23-14(24)26-2)6-7-20-13(25)21-9-4-5-11(16)10(8-9)15(17,18)19/h4-5,8H,3,6-7H2,1-2H3,(H2,20,21,25). The Balaban J connectivity index is 1.93. The molecular formula is C15H17ClF3N5OS. The van der Waals surface area contributed by atoms with Crippen LogP contribution in [0, 0.1) is 0 Å².